The number of carbonyl (C=O) groups is 2. The van der Waals surface area contributed by atoms with Crippen molar-refractivity contribution in [2.24, 2.45) is 5.11 Å². The van der Waals surface area contributed by atoms with Gasteiger partial charge >= 0.3 is 11.9 Å². The molecule has 0 bridgehead atoms. The first-order valence-corrected chi connectivity index (χ1v) is 10.6. The third-order valence-electron chi connectivity index (χ3n) is 4.33. The molecule has 1 aromatic rings. The van der Waals surface area contributed by atoms with Crippen LogP contribution in [0.25, 0.3) is 10.4 Å². The van der Waals surface area contributed by atoms with Crippen molar-refractivity contribution in [1.82, 2.24) is 0 Å². The maximum atomic E-state index is 11.8. The summed E-state index contributed by atoms with van der Waals surface area (Å²) in [5.74, 6) is -2.11. The first-order chi connectivity index (χ1) is 15.5. The summed E-state index contributed by atoms with van der Waals surface area (Å²) in [6.07, 6.45) is -4.90. The highest BCUT2D eigenvalue weighted by atomic mass is 35.6. The molecule has 1 aliphatic heterocycles. The van der Waals surface area contributed by atoms with Crippen LogP contribution in [0.5, 0.6) is 0 Å². The lowest BCUT2D eigenvalue weighted by Gasteiger charge is -2.43. The fourth-order valence-electron chi connectivity index (χ4n) is 2.98. The molecule has 2 rings (SSSR count). The monoisotopic (exact) mass is 522 g/mol. The fourth-order valence-corrected chi connectivity index (χ4v) is 3.11. The van der Waals surface area contributed by atoms with E-state index in [-0.39, 0.29) is 13.2 Å². The largest absolute Gasteiger partial charge is 0.463 e. The number of hydrogen-bond donors (Lipinski definition) is 1. The summed E-state index contributed by atoms with van der Waals surface area (Å²) in [7, 11) is 0. The van der Waals surface area contributed by atoms with Crippen molar-refractivity contribution in [1.29, 1.82) is 5.41 Å². The second-order valence-corrected chi connectivity index (χ2v) is 9.10. The zero-order chi connectivity index (χ0) is 24.6. The molecule has 1 N–H and O–H groups in total. The number of benzene rings is 1. The highest BCUT2D eigenvalue weighted by Gasteiger charge is 2.51. The number of azide groups is 1. The predicted molar refractivity (Wildman–Crippen MR) is 118 cm³/mol. The van der Waals surface area contributed by atoms with Crippen LogP contribution in [0, 0.1) is 5.41 Å². The summed E-state index contributed by atoms with van der Waals surface area (Å²) in [6, 6.07) is 7.74. The number of carbonyl (C=O) groups excluding carboxylic acids is 2. The Morgan fingerprint density at radius 3 is 2.36 bits per heavy atom. The van der Waals surface area contributed by atoms with Crippen LogP contribution in [0.2, 0.25) is 0 Å². The third kappa shape index (κ3) is 8.22. The average Bonchev–Trinajstić information content (AvgIpc) is 2.73. The van der Waals surface area contributed by atoms with Gasteiger partial charge in [0, 0.05) is 18.8 Å². The molecule has 0 spiro atoms. The second-order valence-electron chi connectivity index (χ2n) is 6.82. The normalized spacial score (nSPS) is 24.8. The van der Waals surface area contributed by atoms with E-state index in [0.717, 1.165) is 5.56 Å². The van der Waals surface area contributed by atoms with Crippen molar-refractivity contribution in [3.63, 3.8) is 0 Å². The lowest BCUT2D eigenvalue weighted by molar-refractivity contribution is -0.261. The average molecular weight is 524 g/mol. The quantitative estimate of drug-likeness (QED) is 0.103. The van der Waals surface area contributed by atoms with E-state index in [2.05, 4.69) is 10.0 Å². The third-order valence-corrected chi connectivity index (χ3v) is 4.84. The number of halogens is 3. The number of nitrogens with one attached hydrogen (secondary N) is 1. The first kappa shape index (κ1) is 27.0. The van der Waals surface area contributed by atoms with Crippen LogP contribution in [0.4, 0.5) is 0 Å². The van der Waals surface area contributed by atoms with Crippen LogP contribution in [-0.4, -0.2) is 58.9 Å². The molecule has 0 aromatic heterocycles. The van der Waals surface area contributed by atoms with E-state index < -0.39 is 52.3 Å². The number of nitrogens with zero attached hydrogens (tertiary/aromatic N) is 3. The second kappa shape index (κ2) is 12.3. The van der Waals surface area contributed by atoms with Crippen LogP contribution in [-0.2, 0) is 39.9 Å². The highest BCUT2D eigenvalue weighted by molar-refractivity contribution is 6.76. The van der Waals surface area contributed by atoms with Crippen LogP contribution < -0.4 is 0 Å². The molecule has 180 valence electrons. The Morgan fingerprint density at radius 1 is 1.15 bits per heavy atom. The molecule has 0 radical (unpaired) electrons. The fraction of sp³-hybridized carbons (Fsp3) is 0.526. The molecule has 1 fully saturated rings. The molecular weight excluding hydrogens is 503 g/mol. The minimum Gasteiger partial charge on any atom is -0.463 e. The van der Waals surface area contributed by atoms with E-state index in [9.17, 15) is 9.59 Å². The Hall–Kier alpha value is -2.27. The Kier molecular flexibility index (Phi) is 10.0. The van der Waals surface area contributed by atoms with E-state index in [1.807, 2.05) is 6.07 Å². The number of ether oxygens (including phenoxy) is 5. The van der Waals surface area contributed by atoms with E-state index in [0.29, 0.717) is 0 Å². The zero-order valence-corrected chi connectivity index (χ0v) is 19.8. The molecule has 14 heteroatoms. The number of hydrogen-bond acceptors (Lipinski definition) is 9. The van der Waals surface area contributed by atoms with E-state index in [4.69, 9.17) is 69.4 Å². The Labute approximate surface area is 204 Å². The lowest BCUT2D eigenvalue weighted by atomic mass is 9.96. The summed E-state index contributed by atoms with van der Waals surface area (Å²) in [4.78, 5) is 26.0. The number of alkyl halides is 3. The molecule has 33 heavy (non-hydrogen) atoms. The molecule has 0 saturated carbocycles. The minimum absolute atomic E-state index is 0.0373. The molecular formula is C19H21Cl3N4O7. The van der Waals surface area contributed by atoms with Crippen LogP contribution >= 0.6 is 34.8 Å². The Morgan fingerprint density at radius 2 is 1.82 bits per heavy atom. The molecule has 0 amide bonds. The molecule has 1 heterocycles. The van der Waals surface area contributed by atoms with Crippen LogP contribution in [0.1, 0.15) is 19.4 Å². The maximum absolute atomic E-state index is 11.8. The van der Waals surface area contributed by atoms with Gasteiger partial charge < -0.3 is 23.7 Å². The molecule has 1 aliphatic rings. The smallest absolute Gasteiger partial charge is 0.303 e. The number of esters is 2. The van der Waals surface area contributed by atoms with E-state index in [1.54, 1.807) is 24.3 Å². The molecule has 1 saturated heterocycles. The first-order valence-electron chi connectivity index (χ1n) is 9.51. The van der Waals surface area contributed by atoms with Gasteiger partial charge in [-0.25, -0.2) is 0 Å². The van der Waals surface area contributed by atoms with Gasteiger partial charge in [0.2, 0.25) is 12.2 Å². The van der Waals surface area contributed by atoms with Gasteiger partial charge in [-0.05, 0) is 11.1 Å². The summed E-state index contributed by atoms with van der Waals surface area (Å²) in [5.41, 5.74) is 9.90. The summed E-state index contributed by atoms with van der Waals surface area (Å²) < 4.78 is 25.2. The molecule has 11 nitrogen and oxygen atoms in total. The maximum Gasteiger partial charge on any atom is 0.303 e. The highest BCUT2D eigenvalue weighted by Crippen LogP contribution is 2.34. The van der Waals surface area contributed by atoms with Gasteiger partial charge in [-0.15, -0.1) is 0 Å². The van der Waals surface area contributed by atoms with Crippen molar-refractivity contribution in [3.8, 4) is 0 Å². The van der Waals surface area contributed by atoms with Crippen molar-refractivity contribution in [2.75, 3.05) is 6.61 Å². The van der Waals surface area contributed by atoms with E-state index >= 15 is 0 Å². The van der Waals surface area contributed by atoms with Gasteiger partial charge in [-0.2, -0.15) is 0 Å². The zero-order valence-electron chi connectivity index (χ0n) is 17.5. The SMILES string of the molecule is CC(=O)OC[C@H]1OC(OC(=N)C(Cl)(Cl)Cl)[C@H](N=[N+]=[N-])[C@@H](OCc2ccccc2)[C@@H]1OC(C)=O. The lowest BCUT2D eigenvalue weighted by Crippen LogP contribution is -2.61. The van der Waals surface area contributed by atoms with Crippen molar-refractivity contribution in [2.45, 2.75) is 54.9 Å². The molecule has 0 aliphatic carbocycles. The van der Waals surface area contributed by atoms with Crippen molar-refractivity contribution < 1.29 is 33.3 Å². The standard InChI is InChI=1S/C19H21Cl3N4O7/c1-10(27)29-9-13-15(31-11(2)28)16(30-8-12-6-4-3-5-7-12)14(25-26-24)17(32-13)33-18(23)19(20,21)22/h3-7,13-17,23H,8-9H2,1-2H3/t13-,14-,15-,16-,17?/m1/s1. The summed E-state index contributed by atoms with van der Waals surface area (Å²) in [6.45, 7) is 2.03. The van der Waals surface area contributed by atoms with Crippen LogP contribution in [0.15, 0.2) is 35.4 Å². The summed E-state index contributed by atoms with van der Waals surface area (Å²) >= 11 is 17.1. The molecule has 1 unspecified atom stereocenters. The van der Waals surface area contributed by atoms with Gasteiger partial charge in [0.15, 0.2) is 6.10 Å². The Bertz CT molecular complexity index is 893. The number of rotatable bonds is 8. The van der Waals surface area contributed by atoms with Crippen molar-refractivity contribution >= 4 is 52.6 Å². The van der Waals surface area contributed by atoms with E-state index in [1.165, 1.54) is 13.8 Å². The topological polar surface area (TPSA) is 153 Å². The molecule has 1 aromatic carbocycles. The minimum atomic E-state index is -2.23. The van der Waals surface area contributed by atoms with Gasteiger partial charge in [-0.1, -0.05) is 70.2 Å². The van der Waals surface area contributed by atoms with Gasteiger partial charge in [-0.3, -0.25) is 15.0 Å². The Balaban J connectivity index is 2.42. The van der Waals surface area contributed by atoms with Gasteiger partial charge in [0.25, 0.3) is 3.79 Å². The van der Waals surface area contributed by atoms with Gasteiger partial charge in [0.05, 0.1) is 6.61 Å². The predicted octanol–water partition coefficient (Wildman–Crippen LogP) is 3.83. The molecule has 5 atom stereocenters. The van der Waals surface area contributed by atoms with Gasteiger partial charge in [0.1, 0.15) is 24.9 Å². The van der Waals surface area contributed by atoms with Crippen molar-refractivity contribution in [3.05, 3.63) is 46.3 Å². The van der Waals surface area contributed by atoms with Crippen LogP contribution in [0.3, 0.4) is 0 Å². The summed E-state index contributed by atoms with van der Waals surface area (Å²) in [5, 5.41) is 11.5.